The summed E-state index contributed by atoms with van der Waals surface area (Å²) in [6.45, 7) is 0. The number of fused-ring (bicyclic) bond motifs is 5. The summed E-state index contributed by atoms with van der Waals surface area (Å²) in [7, 11) is 0. The minimum absolute atomic E-state index is 0.812. The van der Waals surface area contributed by atoms with Crippen molar-refractivity contribution < 1.29 is 0 Å². The Morgan fingerprint density at radius 3 is 1.78 bits per heavy atom. The first kappa shape index (κ1) is 26.0. The highest BCUT2D eigenvalue weighted by Crippen LogP contribution is 2.34. The zero-order valence-electron chi connectivity index (χ0n) is 24.5. The molecular formula is C40H24N6. The van der Waals surface area contributed by atoms with Gasteiger partial charge in [0.25, 0.3) is 0 Å². The van der Waals surface area contributed by atoms with Gasteiger partial charge in [0, 0.05) is 45.7 Å². The molecule has 0 aliphatic rings. The number of aromatic nitrogens is 6. The standard InChI is InChI=1S/C40H24N6/c1-3-31-23-33(32-4-2-19-43-40(32)39(31)42-18-1)25-5-7-26(8-6-25)34-15-11-29-21-27(9-13-35(29)45-34)28-10-14-36-30(22-28)12-16-38(46-36)37-17-20-41-24-44-37/h1-24H. The van der Waals surface area contributed by atoms with E-state index in [-0.39, 0.29) is 0 Å². The lowest BCUT2D eigenvalue weighted by Crippen LogP contribution is -1.90. The quantitative estimate of drug-likeness (QED) is 0.191. The monoisotopic (exact) mass is 588 g/mol. The molecule has 0 saturated heterocycles. The molecular weight excluding hydrogens is 564 g/mol. The molecule has 5 heterocycles. The van der Waals surface area contributed by atoms with Gasteiger partial charge in [0.2, 0.25) is 0 Å². The molecule has 5 aromatic heterocycles. The van der Waals surface area contributed by atoms with Crippen LogP contribution in [0.2, 0.25) is 0 Å². The van der Waals surface area contributed by atoms with Crippen LogP contribution in [0.15, 0.2) is 146 Å². The van der Waals surface area contributed by atoms with Gasteiger partial charge >= 0.3 is 0 Å². The minimum atomic E-state index is 0.812. The highest BCUT2D eigenvalue weighted by Gasteiger charge is 2.11. The smallest absolute Gasteiger partial charge is 0.116 e. The summed E-state index contributed by atoms with van der Waals surface area (Å²) in [5, 5.41) is 4.35. The Morgan fingerprint density at radius 1 is 0.391 bits per heavy atom. The van der Waals surface area contributed by atoms with E-state index in [1.165, 1.54) is 0 Å². The summed E-state index contributed by atoms with van der Waals surface area (Å²) >= 11 is 0. The average molecular weight is 589 g/mol. The molecule has 0 spiro atoms. The summed E-state index contributed by atoms with van der Waals surface area (Å²) in [6.07, 6.45) is 6.93. The van der Waals surface area contributed by atoms with E-state index >= 15 is 0 Å². The zero-order chi connectivity index (χ0) is 30.5. The number of pyridine rings is 4. The van der Waals surface area contributed by atoms with Crippen LogP contribution in [-0.4, -0.2) is 29.9 Å². The first-order valence-electron chi connectivity index (χ1n) is 15.1. The molecule has 214 valence electrons. The van der Waals surface area contributed by atoms with E-state index < -0.39 is 0 Å². The van der Waals surface area contributed by atoms with Crippen molar-refractivity contribution in [2.75, 3.05) is 0 Å². The Labute approximate surface area is 264 Å². The Bertz CT molecular complexity index is 2580. The van der Waals surface area contributed by atoms with Crippen molar-refractivity contribution in [1.29, 1.82) is 0 Å². The molecule has 0 saturated carbocycles. The molecule has 0 unspecified atom stereocenters. The van der Waals surface area contributed by atoms with Gasteiger partial charge in [0.1, 0.15) is 6.33 Å². The number of nitrogens with zero attached hydrogens (tertiary/aromatic N) is 6. The van der Waals surface area contributed by atoms with E-state index in [2.05, 4.69) is 117 Å². The van der Waals surface area contributed by atoms with Crippen LogP contribution in [0.1, 0.15) is 0 Å². The Kier molecular flexibility index (Phi) is 6.03. The lowest BCUT2D eigenvalue weighted by atomic mass is 9.96. The van der Waals surface area contributed by atoms with Crippen molar-refractivity contribution >= 4 is 43.6 Å². The maximum Gasteiger partial charge on any atom is 0.116 e. The van der Waals surface area contributed by atoms with Crippen LogP contribution >= 0.6 is 0 Å². The fraction of sp³-hybridized carbons (Fsp3) is 0. The van der Waals surface area contributed by atoms with E-state index in [0.29, 0.717) is 0 Å². The molecule has 0 N–H and O–H groups in total. The van der Waals surface area contributed by atoms with Crippen molar-refractivity contribution in [1.82, 2.24) is 29.9 Å². The van der Waals surface area contributed by atoms with Crippen LogP contribution in [0.25, 0.3) is 88.5 Å². The van der Waals surface area contributed by atoms with E-state index in [9.17, 15) is 0 Å². The third-order valence-corrected chi connectivity index (χ3v) is 8.51. The van der Waals surface area contributed by atoms with Crippen molar-refractivity contribution in [2.45, 2.75) is 0 Å². The van der Waals surface area contributed by atoms with Crippen molar-refractivity contribution in [3.05, 3.63) is 146 Å². The summed E-state index contributed by atoms with van der Waals surface area (Å²) in [6, 6.07) is 42.0. The Morgan fingerprint density at radius 2 is 1.04 bits per heavy atom. The van der Waals surface area contributed by atoms with Crippen LogP contribution < -0.4 is 0 Å². The van der Waals surface area contributed by atoms with Gasteiger partial charge < -0.3 is 0 Å². The molecule has 0 aliphatic heterocycles. The average Bonchev–Trinajstić information content (AvgIpc) is 3.14. The van der Waals surface area contributed by atoms with Crippen LogP contribution in [0.3, 0.4) is 0 Å². The molecule has 6 heteroatoms. The molecule has 0 bridgehead atoms. The van der Waals surface area contributed by atoms with E-state index in [1.54, 1.807) is 12.5 Å². The second-order valence-corrected chi connectivity index (χ2v) is 11.3. The van der Waals surface area contributed by atoms with Crippen molar-refractivity contribution in [2.24, 2.45) is 0 Å². The van der Waals surface area contributed by atoms with Crippen molar-refractivity contribution in [3.63, 3.8) is 0 Å². The van der Waals surface area contributed by atoms with Gasteiger partial charge in [0.05, 0.1) is 39.1 Å². The molecule has 0 aliphatic carbocycles. The first-order valence-corrected chi connectivity index (χ1v) is 15.1. The summed E-state index contributed by atoms with van der Waals surface area (Å²) < 4.78 is 0. The Balaban J connectivity index is 1.02. The summed E-state index contributed by atoms with van der Waals surface area (Å²) in [5.74, 6) is 0. The van der Waals surface area contributed by atoms with Crippen LogP contribution in [-0.2, 0) is 0 Å². The largest absolute Gasteiger partial charge is 0.254 e. The summed E-state index contributed by atoms with van der Waals surface area (Å²) in [5.41, 5.74) is 11.9. The lowest BCUT2D eigenvalue weighted by Gasteiger charge is -2.11. The SMILES string of the molecule is c1cnc2c(c1)cc(-c1ccc(-c3ccc4cc(-c5ccc6nc(-c7ccncn7)ccc6c5)ccc4n3)cc1)c1cccnc12. The molecule has 0 atom stereocenters. The molecule has 0 radical (unpaired) electrons. The zero-order valence-corrected chi connectivity index (χ0v) is 24.5. The van der Waals surface area contributed by atoms with Crippen molar-refractivity contribution in [3.8, 4) is 44.9 Å². The first-order chi connectivity index (χ1) is 22.8. The molecule has 9 aromatic rings. The maximum absolute atomic E-state index is 5.02. The van der Waals surface area contributed by atoms with E-state index in [1.807, 2.05) is 36.7 Å². The fourth-order valence-corrected chi connectivity index (χ4v) is 6.19. The highest BCUT2D eigenvalue weighted by atomic mass is 14.8. The highest BCUT2D eigenvalue weighted by molar-refractivity contribution is 6.10. The van der Waals surface area contributed by atoms with Gasteiger partial charge in [-0.05, 0) is 82.9 Å². The van der Waals surface area contributed by atoms with E-state index in [0.717, 1.165) is 88.5 Å². The molecule has 4 aromatic carbocycles. The number of hydrogen-bond donors (Lipinski definition) is 0. The van der Waals surface area contributed by atoms with Gasteiger partial charge in [-0.15, -0.1) is 0 Å². The van der Waals surface area contributed by atoms with Gasteiger partial charge in [-0.3, -0.25) is 9.97 Å². The predicted molar refractivity (Wildman–Crippen MR) is 185 cm³/mol. The van der Waals surface area contributed by atoms with Gasteiger partial charge in [0.15, 0.2) is 0 Å². The number of hydrogen-bond acceptors (Lipinski definition) is 6. The van der Waals surface area contributed by atoms with Gasteiger partial charge in [-0.2, -0.15) is 0 Å². The Hall–Kier alpha value is -6.40. The fourth-order valence-electron chi connectivity index (χ4n) is 6.19. The van der Waals surface area contributed by atoms with Gasteiger partial charge in [-0.25, -0.2) is 19.9 Å². The van der Waals surface area contributed by atoms with Crippen LogP contribution in [0.4, 0.5) is 0 Å². The second-order valence-electron chi connectivity index (χ2n) is 11.3. The summed E-state index contributed by atoms with van der Waals surface area (Å²) in [4.78, 5) is 27.4. The normalized spacial score (nSPS) is 11.5. The van der Waals surface area contributed by atoms with Crippen LogP contribution in [0, 0.1) is 0 Å². The number of benzene rings is 4. The molecule has 6 nitrogen and oxygen atoms in total. The number of rotatable bonds is 4. The second kappa shape index (κ2) is 10.6. The predicted octanol–water partition coefficient (Wildman–Crippen LogP) is 9.34. The lowest BCUT2D eigenvalue weighted by molar-refractivity contribution is 1.16. The molecule has 0 amide bonds. The third kappa shape index (κ3) is 4.52. The molecule has 0 fully saturated rings. The third-order valence-electron chi connectivity index (χ3n) is 8.51. The van der Waals surface area contributed by atoms with E-state index in [4.69, 9.17) is 9.97 Å². The van der Waals surface area contributed by atoms with Gasteiger partial charge in [-0.1, -0.05) is 60.7 Å². The van der Waals surface area contributed by atoms with Crippen LogP contribution in [0.5, 0.6) is 0 Å². The molecule has 46 heavy (non-hydrogen) atoms. The topological polar surface area (TPSA) is 77.3 Å². The molecule has 9 rings (SSSR count). The minimum Gasteiger partial charge on any atom is -0.254 e. The maximum atomic E-state index is 5.02.